The van der Waals surface area contributed by atoms with E-state index in [-0.39, 0.29) is 11.5 Å². The third-order valence-corrected chi connectivity index (χ3v) is 6.85. The van der Waals surface area contributed by atoms with Gasteiger partial charge < -0.3 is 15.7 Å². The summed E-state index contributed by atoms with van der Waals surface area (Å²) in [5, 5.41) is 25.9. The van der Waals surface area contributed by atoms with Gasteiger partial charge in [-0.15, -0.1) is 0 Å². The van der Waals surface area contributed by atoms with E-state index in [1.54, 1.807) is 30.5 Å². The average Bonchev–Trinajstić information content (AvgIpc) is 3.11. The Bertz CT molecular complexity index is 1360. The topological polar surface area (TPSA) is 128 Å². The summed E-state index contributed by atoms with van der Waals surface area (Å²) < 4.78 is 23.5. The maximum Gasteiger partial charge on any atom is 0.227 e. The minimum atomic E-state index is -3.29. The first-order chi connectivity index (χ1) is 15.1. The largest absolute Gasteiger partial charge is 0.395 e. The average molecular weight is 450 g/mol. The van der Waals surface area contributed by atoms with Gasteiger partial charge in [0.1, 0.15) is 6.07 Å². The maximum atomic E-state index is 11.8. The molecule has 8 nitrogen and oxygen atoms in total. The zero-order valence-electron chi connectivity index (χ0n) is 18.0. The van der Waals surface area contributed by atoms with E-state index in [0.29, 0.717) is 29.4 Å². The predicted octanol–water partition coefficient (Wildman–Crippen LogP) is 3.15. The number of aliphatic hydroxyl groups excluding tert-OH is 1. The van der Waals surface area contributed by atoms with Gasteiger partial charge in [0.05, 0.1) is 28.4 Å². The van der Waals surface area contributed by atoms with Gasteiger partial charge in [0, 0.05) is 35.7 Å². The van der Waals surface area contributed by atoms with Gasteiger partial charge in [0.15, 0.2) is 9.84 Å². The predicted molar refractivity (Wildman–Crippen MR) is 123 cm³/mol. The number of aryl methyl sites for hydroxylation is 1. The molecule has 4 rings (SSSR count). The quantitative estimate of drug-likeness (QED) is 0.542. The molecule has 9 heteroatoms. The molecule has 1 aliphatic heterocycles. The Kier molecular flexibility index (Phi) is 5.36. The highest BCUT2D eigenvalue weighted by molar-refractivity contribution is 7.90. The number of anilines is 3. The molecule has 0 saturated carbocycles. The number of nitriles is 1. The van der Waals surface area contributed by atoms with Gasteiger partial charge in [-0.2, -0.15) is 5.26 Å². The van der Waals surface area contributed by atoms with E-state index < -0.39 is 15.3 Å². The summed E-state index contributed by atoms with van der Waals surface area (Å²) in [5.41, 5.74) is 4.46. The van der Waals surface area contributed by atoms with E-state index in [0.717, 1.165) is 22.4 Å². The second kappa shape index (κ2) is 7.89. The van der Waals surface area contributed by atoms with Crippen LogP contribution in [0.2, 0.25) is 0 Å². The Morgan fingerprint density at radius 1 is 1.28 bits per heavy atom. The normalized spacial score (nSPS) is 17.3. The van der Waals surface area contributed by atoms with Crippen molar-refractivity contribution in [1.82, 2.24) is 9.97 Å². The van der Waals surface area contributed by atoms with Gasteiger partial charge in [0.2, 0.25) is 5.95 Å². The molecule has 32 heavy (non-hydrogen) atoms. The number of rotatable bonds is 5. The van der Waals surface area contributed by atoms with Crippen LogP contribution in [0.4, 0.5) is 17.3 Å². The van der Waals surface area contributed by atoms with Crippen LogP contribution in [0.1, 0.15) is 23.6 Å². The summed E-state index contributed by atoms with van der Waals surface area (Å²) in [4.78, 5) is 9.11. The van der Waals surface area contributed by atoms with E-state index in [1.807, 2.05) is 19.9 Å². The number of nitrogens with zero attached hydrogens (tertiary/aromatic N) is 3. The van der Waals surface area contributed by atoms with Crippen LogP contribution in [-0.4, -0.2) is 42.9 Å². The second-order valence-electron chi connectivity index (χ2n) is 8.27. The zero-order valence-corrected chi connectivity index (χ0v) is 18.8. The van der Waals surface area contributed by atoms with Crippen LogP contribution in [0, 0.1) is 18.3 Å². The molecule has 0 radical (unpaired) electrons. The fraction of sp³-hybridized carbons (Fsp3) is 0.261. The summed E-state index contributed by atoms with van der Waals surface area (Å²) >= 11 is 0. The van der Waals surface area contributed by atoms with Crippen molar-refractivity contribution in [2.75, 3.05) is 30.0 Å². The van der Waals surface area contributed by atoms with Crippen molar-refractivity contribution in [3.8, 4) is 17.3 Å². The summed E-state index contributed by atoms with van der Waals surface area (Å²) in [6, 6.07) is 12.5. The molecule has 0 saturated heterocycles. The Morgan fingerprint density at radius 2 is 2.06 bits per heavy atom. The number of hydrogen-bond acceptors (Lipinski definition) is 8. The Morgan fingerprint density at radius 3 is 2.72 bits per heavy atom. The minimum absolute atomic E-state index is 0.0410. The molecule has 3 N–H and O–H groups in total. The smallest absolute Gasteiger partial charge is 0.227 e. The Labute approximate surface area is 186 Å². The van der Waals surface area contributed by atoms with Crippen molar-refractivity contribution >= 4 is 27.2 Å². The van der Waals surface area contributed by atoms with Crippen LogP contribution >= 0.6 is 0 Å². The highest BCUT2D eigenvalue weighted by atomic mass is 32.2. The lowest BCUT2D eigenvalue weighted by molar-refractivity contribution is 0.219. The SMILES string of the molecule is Cc1cc(S(C)(=O)=O)ccc1Nc1nccc(-c2cc(C#N)c3c(c2)[C@@](C)(CO)CN3)n1. The van der Waals surface area contributed by atoms with Crippen molar-refractivity contribution in [3.05, 3.63) is 59.3 Å². The number of fused-ring (bicyclic) bond motifs is 1. The molecule has 2 aromatic carbocycles. The first kappa shape index (κ1) is 21.7. The molecule has 0 aliphatic carbocycles. The molecular formula is C23H23N5O3S. The highest BCUT2D eigenvalue weighted by Gasteiger charge is 2.35. The molecule has 1 aliphatic rings. The Hall–Kier alpha value is -3.48. The van der Waals surface area contributed by atoms with Crippen LogP contribution in [0.25, 0.3) is 11.3 Å². The minimum Gasteiger partial charge on any atom is -0.395 e. The number of hydrogen-bond donors (Lipinski definition) is 3. The van der Waals surface area contributed by atoms with Gasteiger partial charge >= 0.3 is 0 Å². The summed E-state index contributed by atoms with van der Waals surface area (Å²) in [6.07, 6.45) is 2.79. The van der Waals surface area contributed by atoms with E-state index in [2.05, 4.69) is 26.7 Å². The molecule has 0 spiro atoms. The van der Waals surface area contributed by atoms with Crippen LogP contribution in [0.3, 0.4) is 0 Å². The molecule has 0 amide bonds. The van der Waals surface area contributed by atoms with E-state index in [1.165, 1.54) is 12.3 Å². The summed E-state index contributed by atoms with van der Waals surface area (Å²) in [5.74, 6) is 0.347. The van der Waals surface area contributed by atoms with E-state index in [9.17, 15) is 18.8 Å². The number of aromatic nitrogens is 2. The van der Waals surface area contributed by atoms with E-state index >= 15 is 0 Å². The number of nitrogens with one attached hydrogen (secondary N) is 2. The van der Waals surface area contributed by atoms with Crippen molar-refractivity contribution < 1.29 is 13.5 Å². The molecule has 0 bridgehead atoms. The lowest BCUT2D eigenvalue weighted by Crippen LogP contribution is -2.28. The van der Waals surface area contributed by atoms with Gasteiger partial charge in [-0.3, -0.25) is 0 Å². The van der Waals surface area contributed by atoms with Crippen LogP contribution < -0.4 is 10.6 Å². The first-order valence-corrected chi connectivity index (χ1v) is 11.9. The van der Waals surface area contributed by atoms with Gasteiger partial charge in [-0.05, 0) is 54.4 Å². The third kappa shape index (κ3) is 3.90. The first-order valence-electron chi connectivity index (χ1n) is 9.99. The zero-order chi connectivity index (χ0) is 23.1. The second-order valence-corrected chi connectivity index (χ2v) is 10.3. The van der Waals surface area contributed by atoms with Gasteiger partial charge in [0.25, 0.3) is 0 Å². The lowest BCUT2D eigenvalue weighted by atomic mass is 9.83. The fourth-order valence-corrected chi connectivity index (χ4v) is 4.48. The number of aliphatic hydroxyl groups is 1. The van der Waals surface area contributed by atoms with Gasteiger partial charge in [-0.1, -0.05) is 6.92 Å². The van der Waals surface area contributed by atoms with Crippen molar-refractivity contribution in [2.24, 2.45) is 0 Å². The molecule has 1 aromatic heterocycles. The molecule has 0 fully saturated rings. The molecular weight excluding hydrogens is 426 g/mol. The summed E-state index contributed by atoms with van der Waals surface area (Å²) in [7, 11) is -3.29. The number of sulfone groups is 1. The molecule has 1 atom stereocenters. The van der Waals surface area contributed by atoms with Crippen molar-refractivity contribution in [2.45, 2.75) is 24.2 Å². The highest BCUT2D eigenvalue weighted by Crippen LogP contribution is 2.41. The monoisotopic (exact) mass is 449 g/mol. The molecule has 0 unspecified atom stereocenters. The third-order valence-electron chi connectivity index (χ3n) is 5.74. The van der Waals surface area contributed by atoms with Gasteiger partial charge in [-0.25, -0.2) is 18.4 Å². The maximum absolute atomic E-state index is 11.8. The van der Waals surface area contributed by atoms with Crippen LogP contribution in [0.5, 0.6) is 0 Å². The Balaban J connectivity index is 1.71. The van der Waals surface area contributed by atoms with Crippen LogP contribution in [-0.2, 0) is 15.3 Å². The molecule has 164 valence electrons. The standard InChI is InChI=1S/C23H23N5O3S/c1-14-8-17(32(3,30)31)4-5-19(14)27-22-25-7-6-20(28-22)15-9-16(11-24)21-18(10-15)23(2,13-29)12-26-21/h4-10,26,29H,12-13H2,1-3H3,(H,25,27,28)/t23-/m1/s1. The number of benzene rings is 2. The molecule has 2 heterocycles. The molecule has 3 aromatic rings. The fourth-order valence-electron chi connectivity index (χ4n) is 3.77. The van der Waals surface area contributed by atoms with Crippen LogP contribution in [0.15, 0.2) is 47.5 Å². The summed E-state index contributed by atoms with van der Waals surface area (Å²) in [6.45, 7) is 4.27. The van der Waals surface area contributed by atoms with E-state index in [4.69, 9.17) is 0 Å². The lowest BCUT2D eigenvalue weighted by Gasteiger charge is -2.21. The van der Waals surface area contributed by atoms with Crippen molar-refractivity contribution in [3.63, 3.8) is 0 Å². The van der Waals surface area contributed by atoms with Crippen molar-refractivity contribution in [1.29, 1.82) is 5.26 Å².